The number of methoxy groups -OCH3 is 1. The minimum atomic E-state index is -5.19. The molecular formula is C19H35KO10S. The van der Waals surface area contributed by atoms with Crippen molar-refractivity contribution in [3.8, 4) is 0 Å². The standard InChI is InChI=1S/C19H36O10S.K/c1-3-4-5-6-7-8-9-10-11-12-15(20)27-13-14-18(29-30(23,24)25)16(21)17(22)19(26-2)28-14;/h14,16-19,21-22H,3-13H2,1-2H3,(H,23,24,25);/q;+1/p-1/t14-,16-,17-,18-,19+;/m1./s1. The first kappa shape index (κ1) is 31.8. The first-order chi connectivity index (χ1) is 14.2. The van der Waals surface area contributed by atoms with Crippen molar-refractivity contribution >= 4 is 16.4 Å². The molecule has 2 N–H and O–H groups in total. The average Bonchev–Trinajstić information content (AvgIpc) is 2.68. The van der Waals surface area contributed by atoms with Gasteiger partial charge in [0.2, 0.25) is 10.4 Å². The van der Waals surface area contributed by atoms with Crippen LogP contribution >= 0.6 is 0 Å². The normalized spacial score (nSPS) is 26.3. The summed E-state index contributed by atoms with van der Waals surface area (Å²) in [5, 5.41) is 19.9. The van der Waals surface area contributed by atoms with Crippen molar-refractivity contribution in [1.29, 1.82) is 0 Å². The van der Waals surface area contributed by atoms with Crippen molar-refractivity contribution < 1.29 is 97.8 Å². The summed E-state index contributed by atoms with van der Waals surface area (Å²) in [6.45, 7) is 1.72. The minimum Gasteiger partial charge on any atom is -0.726 e. The van der Waals surface area contributed by atoms with Crippen molar-refractivity contribution in [3.63, 3.8) is 0 Å². The molecule has 0 unspecified atom stereocenters. The zero-order valence-corrected chi connectivity index (χ0v) is 22.7. The van der Waals surface area contributed by atoms with E-state index in [1.165, 1.54) is 39.2 Å². The Labute approximate surface area is 227 Å². The van der Waals surface area contributed by atoms with Crippen LogP contribution in [0.1, 0.15) is 71.1 Å². The topological polar surface area (TPSA) is 152 Å². The molecule has 1 aliphatic rings. The number of hydrogen-bond acceptors (Lipinski definition) is 10. The fourth-order valence-corrected chi connectivity index (χ4v) is 3.83. The van der Waals surface area contributed by atoms with Gasteiger partial charge in [-0.3, -0.25) is 8.98 Å². The molecule has 12 heteroatoms. The van der Waals surface area contributed by atoms with Gasteiger partial charge in [0.15, 0.2) is 6.29 Å². The maximum absolute atomic E-state index is 11.9. The van der Waals surface area contributed by atoms with Crippen LogP contribution in [-0.2, 0) is 33.6 Å². The molecule has 0 aliphatic carbocycles. The second-order valence-corrected chi connectivity index (χ2v) is 8.50. The number of carbonyl (C=O) groups is 1. The Balaban J connectivity index is 0.00000900. The van der Waals surface area contributed by atoms with Gasteiger partial charge in [-0.15, -0.1) is 0 Å². The van der Waals surface area contributed by atoms with E-state index in [9.17, 15) is 28.0 Å². The van der Waals surface area contributed by atoms with Gasteiger partial charge in [0.1, 0.15) is 31.0 Å². The van der Waals surface area contributed by atoms with Gasteiger partial charge in [0.25, 0.3) is 0 Å². The van der Waals surface area contributed by atoms with Gasteiger partial charge in [0.05, 0.1) is 0 Å². The van der Waals surface area contributed by atoms with Gasteiger partial charge in [-0.2, -0.15) is 0 Å². The Bertz CT molecular complexity index is 588. The molecule has 10 nitrogen and oxygen atoms in total. The maximum atomic E-state index is 11.9. The number of rotatable bonds is 15. The van der Waals surface area contributed by atoms with Crippen LogP contribution in [0.5, 0.6) is 0 Å². The van der Waals surface area contributed by atoms with Crippen molar-refractivity contribution in [2.45, 2.75) is 102 Å². The summed E-state index contributed by atoms with van der Waals surface area (Å²) >= 11 is 0. The van der Waals surface area contributed by atoms with E-state index in [1.807, 2.05) is 0 Å². The smallest absolute Gasteiger partial charge is 0.726 e. The van der Waals surface area contributed by atoms with Crippen LogP contribution in [0.2, 0.25) is 0 Å². The molecule has 0 spiro atoms. The van der Waals surface area contributed by atoms with Gasteiger partial charge in [0, 0.05) is 13.5 Å². The van der Waals surface area contributed by atoms with E-state index in [0.717, 1.165) is 19.3 Å². The number of ether oxygens (including phenoxy) is 3. The Kier molecular flexibility index (Phi) is 17.7. The summed E-state index contributed by atoms with van der Waals surface area (Å²) in [4.78, 5) is 11.9. The van der Waals surface area contributed by atoms with E-state index in [2.05, 4.69) is 11.1 Å². The van der Waals surface area contributed by atoms with E-state index < -0.39 is 53.7 Å². The summed E-state index contributed by atoms with van der Waals surface area (Å²) < 4.78 is 52.3. The molecule has 0 radical (unpaired) electrons. The fourth-order valence-electron chi connectivity index (χ4n) is 3.32. The number of aliphatic hydroxyl groups is 2. The van der Waals surface area contributed by atoms with Crippen LogP contribution in [0.4, 0.5) is 0 Å². The van der Waals surface area contributed by atoms with E-state index in [1.54, 1.807) is 0 Å². The molecule has 1 fully saturated rings. The molecule has 1 aliphatic heterocycles. The molecule has 31 heavy (non-hydrogen) atoms. The van der Waals surface area contributed by atoms with Crippen LogP contribution in [0.15, 0.2) is 0 Å². The summed E-state index contributed by atoms with van der Waals surface area (Å²) in [7, 11) is -3.98. The summed E-state index contributed by atoms with van der Waals surface area (Å²) in [5.41, 5.74) is 0. The molecule has 1 heterocycles. The Morgan fingerprint density at radius 3 is 2.06 bits per heavy atom. The predicted octanol–water partition coefficient (Wildman–Crippen LogP) is -1.61. The molecular weight excluding hydrogens is 459 g/mol. The number of hydrogen-bond donors (Lipinski definition) is 2. The molecule has 0 aromatic carbocycles. The summed E-state index contributed by atoms with van der Waals surface area (Å²) in [5.74, 6) is -0.514. The van der Waals surface area contributed by atoms with Crippen LogP contribution in [0, 0.1) is 0 Å². The molecule has 1 saturated heterocycles. The predicted molar refractivity (Wildman–Crippen MR) is 105 cm³/mol. The molecule has 0 aromatic rings. The molecule has 0 amide bonds. The minimum absolute atomic E-state index is 0. The summed E-state index contributed by atoms with van der Waals surface area (Å²) in [6, 6.07) is 0. The molecule has 0 aromatic heterocycles. The van der Waals surface area contributed by atoms with Crippen LogP contribution in [0.25, 0.3) is 0 Å². The molecule has 1 rings (SSSR count). The first-order valence-corrected chi connectivity index (χ1v) is 11.9. The third-order valence-corrected chi connectivity index (χ3v) is 5.45. The zero-order chi connectivity index (χ0) is 22.6. The van der Waals surface area contributed by atoms with Gasteiger partial charge in [-0.25, -0.2) is 8.42 Å². The van der Waals surface area contributed by atoms with Gasteiger partial charge >= 0.3 is 57.4 Å². The van der Waals surface area contributed by atoms with E-state index in [0.29, 0.717) is 6.42 Å². The zero-order valence-electron chi connectivity index (χ0n) is 18.7. The summed E-state index contributed by atoms with van der Waals surface area (Å²) in [6.07, 6.45) is 2.37. The number of unbranched alkanes of at least 4 members (excludes halogenated alkanes) is 8. The monoisotopic (exact) mass is 494 g/mol. The quantitative estimate of drug-likeness (QED) is 0.0894. The van der Waals surface area contributed by atoms with Gasteiger partial charge in [-0.1, -0.05) is 58.3 Å². The maximum Gasteiger partial charge on any atom is 1.00 e. The Morgan fingerprint density at radius 1 is 1.00 bits per heavy atom. The number of carbonyl (C=O) groups excluding carboxylic acids is 1. The molecule has 0 bridgehead atoms. The average molecular weight is 495 g/mol. The Morgan fingerprint density at radius 2 is 1.55 bits per heavy atom. The van der Waals surface area contributed by atoms with E-state index in [4.69, 9.17) is 14.2 Å². The Hall–Kier alpha value is 0.816. The molecule has 0 saturated carbocycles. The van der Waals surface area contributed by atoms with Crippen molar-refractivity contribution in [3.05, 3.63) is 0 Å². The second-order valence-electron chi connectivity index (χ2n) is 7.49. The van der Waals surface area contributed by atoms with Crippen LogP contribution in [0.3, 0.4) is 0 Å². The fraction of sp³-hybridized carbons (Fsp3) is 0.947. The third-order valence-electron chi connectivity index (χ3n) is 5.00. The largest absolute Gasteiger partial charge is 1.00 e. The van der Waals surface area contributed by atoms with Crippen molar-refractivity contribution in [1.82, 2.24) is 0 Å². The van der Waals surface area contributed by atoms with Crippen molar-refractivity contribution in [2.75, 3.05) is 13.7 Å². The first-order valence-electron chi connectivity index (χ1n) is 10.5. The van der Waals surface area contributed by atoms with Gasteiger partial charge in [-0.05, 0) is 6.42 Å². The number of aliphatic hydroxyl groups excluding tert-OH is 2. The SMILES string of the molecule is CCCCCCCCCCCC(=O)OC[C@H]1O[C@H](OC)[C@H](O)[C@@H](O)[C@@H]1OS(=O)(=O)[O-].[K+]. The molecule has 5 atom stereocenters. The molecule has 178 valence electrons. The van der Waals surface area contributed by atoms with Crippen LogP contribution < -0.4 is 51.4 Å². The van der Waals surface area contributed by atoms with Crippen molar-refractivity contribution in [2.24, 2.45) is 0 Å². The van der Waals surface area contributed by atoms with Crippen LogP contribution in [-0.4, -0.2) is 73.6 Å². The van der Waals surface area contributed by atoms with E-state index >= 15 is 0 Å². The number of esters is 1. The third kappa shape index (κ3) is 13.3. The second kappa shape index (κ2) is 17.3. The van der Waals surface area contributed by atoms with E-state index in [-0.39, 0.29) is 57.8 Å². The van der Waals surface area contributed by atoms with Gasteiger partial charge < -0.3 is 29.0 Å².